The fourth-order valence-electron chi connectivity index (χ4n) is 5.53. The zero-order valence-electron chi connectivity index (χ0n) is 19.0. The summed E-state index contributed by atoms with van der Waals surface area (Å²) in [7, 11) is -1.12. The van der Waals surface area contributed by atoms with Crippen LogP contribution in [0.5, 0.6) is 0 Å². The second-order valence-electron chi connectivity index (χ2n) is 9.61. The summed E-state index contributed by atoms with van der Waals surface area (Å²) in [6.45, 7) is 4.47. The maximum atomic E-state index is 13.9. The number of allylic oxidation sites excluding steroid dienone is 1. The van der Waals surface area contributed by atoms with Gasteiger partial charge in [0, 0.05) is 24.0 Å². The van der Waals surface area contributed by atoms with Crippen LogP contribution in [0.25, 0.3) is 21.5 Å². The third kappa shape index (κ3) is 3.77. The molecule has 5 heteroatoms. The van der Waals surface area contributed by atoms with E-state index in [1.807, 2.05) is 12.3 Å². The fraction of sp³-hybridized carbons (Fsp3) is 0.357. The summed E-state index contributed by atoms with van der Waals surface area (Å²) in [4.78, 5) is 3.26. The van der Waals surface area contributed by atoms with Crippen molar-refractivity contribution in [2.75, 3.05) is 19.6 Å². The van der Waals surface area contributed by atoms with Crippen molar-refractivity contribution in [2.45, 2.75) is 44.0 Å². The average molecular weight is 459 g/mol. The molecule has 2 N–H and O–H groups in total. The van der Waals surface area contributed by atoms with E-state index in [0.717, 1.165) is 49.4 Å². The lowest BCUT2D eigenvalue weighted by atomic mass is 9.94. The van der Waals surface area contributed by atoms with Gasteiger partial charge < -0.3 is 15.3 Å². The Kier molecular flexibility index (Phi) is 5.27. The molecule has 2 aliphatic heterocycles. The summed E-state index contributed by atoms with van der Waals surface area (Å²) >= 11 is 0. The largest absolute Gasteiger partial charge is 0.393 e. The highest BCUT2D eigenvalue weighted by atomic mass is 32.2. The second kappa shape index (κ2) is 8.30. The summed E-state index contributed by atoms with van der Waals surface area (Å²) in [6, 6.07) is 15.4. The minimum Gasteiger partial charge on any atom is -0.393 e. The van der Waals surface area contributed by atoms with E-state index >= 15 is 0 Å². The number of hydrogen-bond acceptors (Lipinski definition) is 4. The molecule has 0 saturated carbocycles. The van der Waals surface area contributed by atoms with Crippen LogP contribution in [0.1, 0.15) is 36.5 Å². The summed E-state index contributed by atoms with van der Waals surface area (Å²) in [5.41, 5.74) is 5.40. The molecule has 33 heavy (non-hydrogen) atoms. The first-order valence-electron chi connectivity index (χ1n) is 12.0. The molecule has 4 nitrogen and oxygen atoms in total. The van der Waals surface area contributed by atoms with Crippen molar-refractivity contribution in [1.29, 1.82) is 0 Å². The first kappa shape index (κ1) is 20.9. The molecule has 0 spiro atoms. The van der Waals surface area contributed by atoms with Crippen LogP contribution in [0.2, 0.25) is 0 Å². The van der Waals surface area contributed by atoms with Crippen LogP contribution < -0.4 is 5.32 Å². The predicted molar refractivity (Wildman–Crippen MR) is 137 cm³/mol. The first-order valence-corrected chi connectivity index (χ1v) is 13.2. The summed E-state index contributed by atoms with van der Waals surface area (Å²) in [5.74, 6) is 0. The molecule has 0 aromatic heterocycles. The standard InChI is InChI=1S/C28H30N2O2S/c1-18(33(32)27-8-11-29-17-26(27)30-12-9-22(31)10-13-30)14-25-23-5-3-2-4-19(23)15-21-7-6-20-16-24(20)28(21)25/h2-8,11,15,18,22,29,31H,9-10,12-14,16-17H2,1H3. The average Bonchev–Trinajstić information content (AvgIpc) is 3.64. The van der Waals surface area contributed by atoms with E-state index in [9.17, 15) is 9.32 Å². The number of nitrogens with one attached hydrogen (secondary N) is 1. The molecule has 0 radical (unpaired) electrons. The normalized spacial score (nSPS) is 20.1. The lowest BCUT2D eigenvalue weighted by Gasteiger charge is -2.35. The van der Waals surface area contributed by atoms with Gasteiger partial charge in [-0.3, -0.25) is 4.21 Å². The Balaban J connectivity index is 1.37. The highest BCUT2D eigenvalue weighted by Crippen LogP contribution is 2.41. The Morgan fingerprint density at radius 2 is 1.97 bits per heavy atom. The first-order chi connectivity index (χ1) is 16.1. The van der Waals surface area contributed by atoms with Gasteiger partial charge in [-0.1, -0.05) is 43.3 Å². The molecular formula is C28H30N2O2S. The molecule has 2 atom stereocenters. The van der Waals surface area contributed by atoms with E-state index in [2.05, 4.69) is 59.6 Å². The minimum absolute atomic E-state index is 0.00302. The van der Waals surface area contributed by atoms with Crippen molar-refractivity contribution in [2.24, 2.45) is 0 Å². The van der Waals surface area contributed by atoms with Gasteiger partial charge in [0.05, 0.1) is 28.4 Å². The van der Waals surface area contributed by atoms with Gasteiger partial charge in [0.2, 0.25) is 0 Å². The molecule has 2 heterocycles. The van der Waals surface area contributed by atoms with Crippen molar-refractivity contribution < 1.29 is 9.32 Å². The van der Waals surface area contributed by atoms with E-state index in [4.69, 9.17) is 0 Å². The van der Waals surface area contributed by atoms with Crippen molar-refractivity contribution in [3.8, 4) is 0 Å². The van der Waals surface area contributed by atoms with Crippen LogP contribution in [0.15, 0.2) is 65.3 Å². The number of fused-ring (bicyclic) bond motifs is 4. The Bertz CT molecular complexity index is 1330. The summed E-state index contributed by atoms with van der Waals surface area (Å²) in [5, 5.41) is 18.4. The van der Waals surface area contributed by atoms with Gasteiger partial charge in [0.1, 0.15) is 0 Å². The zero-order chi connectivity index (χ0) is 22.5. The number of rotatable bonds is 5. The highest BCUT2D eigenvalue weighted by molar-refractivity contribution is 7.89. The van der Waals surface area contributed by atoms with E-state index in [1.165, 1.54) is 38.2 Å². The van der Waals surface area contributed by atoms with Crippen LogP contribution in [-0.4, -0.2) is 45.2 Å². The molecule has 2 unspecified atom stereocenters. The van der Waals surface area contributed by atoms with Gasteiger partial charge in [-0.05, 0) is 82.3 Å². The number of dihydropyridines is 1. The number of aliphatic hydroxyl groups is 1. The predicted octanol–water partition coefficient (Wildman–Crippen LogP) is 4.36. The van der Waals surface area contributed by atoms with Crippen LogP contribution in [0.4, 0.5) is 0 Å². The third-order valence-electron chi connectivity index (χ3n) is 7.41. The van der Waals surface area contributed by atoms with Gasteiger partial charge in [0.15, 0.2) is 0 Å². The quantitative estimate of drug-likeness (QED) is 0.436. The Labute approximate surface area is 197 Å². The van der Waals surface area contributed by atoms with Crippen LogP contribution in [-0.2, 0) is 23.6 Å². The maximum absolute atomic E-state index is 13.9. The summed E-state index contributed by atoms with van der Waals surface area (Å²) in [6.07, 6.45) is 7.13. The molecule has 6 rings (SSSR count). The Morgan fingerprint density at radius 3 is 2.82 bits per heavy atom. The summed E-state index contributed by atoms with van der Waals surface area (Å²) < 4.78 is 13.9. The van der Waals surface area contributed by atoms with Crippen LogP contribution >= 0.6 is 0 Å². The van der Waals surface area contributed by atoms with Gasteiger partial charge >= 0.3 is 0 Å². The number of nitrogens with zero attached hydrogens (tertiary/aromatic N) is 1. The molecule has 3 aromatic carbocycles. The molecule has 1 aliphatic carbocycles. The van der Waals surface area contributed by atoms with Gasteiger partial charge in [-0.15, -0.1) is 0 Å². The molecule has 170 valence electrons. The van der Waals surface area contributed by atoms with E-state index in [-0.39, 0.29) is 11.4 Å². The van der Waals surface area contributed by atoms with Gasteiger partial charge in [-0.2, -0.15) is 0 Å². The smallest absolute Gasteiger partial charge is 0.0614 e. The highest BCUT2D eigenvalue weighted by Gasteiger charge is 2.28. The van der Waals surface area contributed by atoms with Crippen molar-refractivity contribution in [3.05, 3.63) is 82.0 Å². The number of likely N-dealkylation sites (tertiary alicyclic amines) is 1. The van der Waals surface area contributed by atoms with Crippen molar-refractivity contribution >= 4 is 32.3 Å². The van der Waals surface area contributed by atoms with Crippen LogP contribution in [0, 0.1) is 0 Å². The molecular weight excluding hydrogens is 428 g/mol. The Hall–Kier alpha value is -2.63. The van der Waals surface area contributed by atoms with Crippen molar-refractivity contribution in [3.63, 3.8) is 0 Å². The SMILES string of the molecule is CC(Cc1c2ccccc2cc2ccc3c(c12)C3)S(=O)C1=C(N2CCC(O)CC2)CNC=C1. The lowest BCUT2D eigenvalue weighted by Crippen LogP contribution is -2.40. The molecule has 1 fully saturated rings. The maximum Gasteiger partial charge on any atom is 0.0614 e. The fourth-order valence-corrected chi connectivity index (χ4v) is 6.92. The van der Waals surface area contributed by atoms with Crippen molar-refractivity contribution in [1.82, 2.24) is 10.2 Å². The number of hydrogen-bond donors (Lipinski definition) is 2. The number of aliphatic hydroxyl groups excluding tert-OH is 1. The van der Waals surface area contributed by atoms with E-state index in [0.29, 0.717) is 6.54 Å². The van der Waals surface area contributed by atoms with E-state index < -0.39 is 10.8 Å². The second-order valence-corrected chi connectivity index (χ2v) is 11.4. The number of piperidine rings is 1. The zero-order valence-corrected chi connectivity index (χ0v) is 19.8. The number of benzene rings is 3. The molecule has 3 aromatic rings. The Morgan fingerprint density at radius 1 is 1.15 bits per heavy atom. The van der Waals surface area contributed by atoms with Gasteiger partial charge in [0.25, 0.3) is 0 Å². The minimum atomic E-state index is -1.12. The van der Waals surface area contributed by atoms with Crippen LogP contribution in [0.3, 0.4) is 0 Å². The molecule has 1 saturated heterocycles. The third-order valence-corrected chi connectivity index (χ3v) is 9.11. The monoisotopic (exact) mass is 458 g/mol. The molecule has 3 aliphatic rings. The van der Waals surface area contributed by atoms with Gasteiger partial charge in [-0.25, -0.2) is 0 Å². The van der Waals surface area contributed by atoms with E-state index in [1.54, 1.807) is 0 Å². The topological polar surface area (TPSA) is 52.6 Å². The molecule has 0 bridgehead atoms. The lowest BCUT2D eigenvalue weighted by molar-refractivity contribution is 0.0960. The molecule has 0 amide bonds.